The number of hydrogen-bond acceptors (Lipinski definition) is 4. The minimum Gasteiger partial charge on any atom is -0.492 e. The summed E-state index contributed by atoms with van der Waals surface area (Å²) < 4.78 is 18.7. The highest BCUT2D eigenvalue weighted by Gasteiger charge is 2.38. The Morgan fingerprint density at radius 1 is 1.23 bits per heavy atom. The number of ether oxygens (including phenoxy) is 1. The molecule has 1 N–H and O–H groups in total. The lowest BCUT2D eigenvalue weighted by molar-refractivity contribution is -0.146. The van der Waals surface area contributed by atoms with Gasteiger partial charge in [-0.25, -0.2) is 4.39 Å². The summed E-state index contributed by atoms with van der Waals surface area (Å²) in [6, 6.07) is 4.04. The van der Waals surface area contributed by atoms with Crippen molar-refractivity contribution in [1.82, 2.24) is 9.80 Å². The van der Waals surface area contributed by atoms with Gasteiger partial charge in [0.15, 0.2) is 0 Å². The van der Waals surface area contributed by atoms with Gasteiger partial charge >= 0.3 is 0 Å². The number of anilines is 1. The van der Waals surface area contributed by atoms with Crippen molar-refractivity contribution in [3.8, 4) is 5.75 Å². The lowest BCUT2D eigenvalue weighted by atomic mass is 9.91. The van der Waals surface area contributed by atoms with Crippen molar-refractivity contribution in [3.63, 3.8) is 0 Å². The summed E-state index contributed by atoms with van der Waals surface area (Å²) in [7, 11) is 2.07. The lowest BCUT2D eigenvalue weighted by Crippen LogP contribution is -2.56. The minimum absolute atomic E-state index is 0.0804. The third-order valence-corrected chi connectivity index (χ3v) is 5.13. The summed E-state index contributed by atoms with van der Waals surface area (Å²) in [5, 5.41) is 2.79. The van der Waals surface area contributed by atoms with Gasteiger partial charge < -0.3 is 19.9 Å². The SMILES string of the molecule is CCOc1cc(F)ccc1NC(=O)C1CN(C(=O)C2CCN(C)CC2)C1. The van der Waals surface area contributed by atoms with Crippen LogP contribution >= 0.6 is 0 Å². The van der Waals surface area contributed by atoms with Gasteiger partial charge in [0.05, 0.1) is 18.2 Å². The summed E-state index contributed by atoms with van der Waals surface area (Å²) in [5.74, 6) is -0.241. The molecule has 0 unspecified atom stereocenters. The summed E-state index contributed by atoms with van der Waals surface area (Å²) >= 11 is 0. The molecule has 0 aliphatic carbocycles. The van der Waals surface area contributed by atoms with Gasteiger partial charge in [0.1, 0.15) is 11.6 Å². The summed E-state index contributed by atoms with van der Waals surface area (Å²) in [6.45, 7) is 4.96. The van der Waals surface area contributed by atoms with Crippen LogP contribution in [0.4, 0.5) is 10.1 Å². The molecule has 26 heavy (non-hydrogen) atoms. The number of carbonyl (C=O) groups excluding carboxylic acids is 2. The fourth-order valence-corrected chi connectivity index (χ4v) is 3.45. The Morgan fingerprint density at radius 2 is 1.92 bits per heavy atom. The zero-order valence-electron chi connectivity index (χ0n) is 15.3. The average molecular weight is 363 g/mol. The van der Waals surface area contributed by atoms with Crippen LogP contribution in [0.5, 0.6) is 5.75 Å². The van der Waals surface area contributed by atoms with E-state index in [4.69, 9.17) is 4.74 Å². The van der Waals surface area contributed by atoms with E-state index in [1.165, 1.54) is 18.2 Å². The second-order valence-electron chi connectivity index (χ2n) is 7.08. The molecule has 3 rings (SSSR count). The Hall–Kier alpha value is -2.15. The molecule has 2 aliphatic heterocycles. The van der Waals surface area contributed by atoms with Crippen LogP contribution in [-0.2, 0) is 9.59 Å². The minimum atomic E-state index is -0.412. The number of likely N-dealkylation sites (tertiary alicyclic amines) is 2. The predicted molar refractivity (Wildman–Crippen MR) is 96.5 cm³/mol. The molecule has 2 heterocycles. The van der Waals surface area contributed by atoms with E-state index in [1.807, 2.05) is 0 Å². The van der Waals surface area contributed by atoms with Gasteiger partial charge in [-0.2, -0.15) is 0 Å². The van der Waals surface area contributed by atoms with Crippen molar-refractivity contribution in [2.45, 2.75) is 19.8 Å². The van der Waals surface area contributed by atoms with Gasteiger partial charge in [-0.15, -0.1) is 0 Å². The van der Waals surface area contributed by atoms with Gasteiger partial charge in [0.25, 0.3) is 0 Å². The van der Waals surface area contributed by atoms with Gasteiger partial charge in [0, 0.05) is 25.1 Å². The van der Waals surface area contributed by atoms with Crippen LogP contribution in [0.1, 0.15) is 19.8 Å². The van der Waals surface area contributed by atoms with Crippen LogP contribution in [0, 0.1) is 17.7 Å². The fraction of sp³-hybridized carbons (Fsp3) is 0.579. The highest BCUT2D eigenvalue weighted by molar-refractivity contribution is 5.96. The second-order valence-corrected chi connectivity index (χ2v) is 7.08. The topological polar surface area (TPSA) is 61.9 Å². The molecule has 2 amide bonds. The van der Waals surface area contributed by atoms with Crippen LogP contribution in [0.3, 0.4) is 0 Å². The first-order valence-electron chi connectivity index (χ1n) is 9.18. The zero-order chi connectivity index (χ0) is 18.7. The average Bonchev–Trinajstić information content (AvgIpc) is 2.57. The highest BCUT2D eigenvalue weighted by atomic mass is 19.1. The van der Waals surface area contributed by atoms with E-state index in [2.05, 4.69) is 17.3 Å². The molecule has 2 fully saturated rings. The van der Waals surface area contributed by atoms with Gasteiger partial charge in [-0.3, -0.25) is 9.59 Å². The maximum absolute atomic E-state index is 13.3. The van der Waals surface area contributed by atoms with E-state index >= 15 is 0 Å². The number of amides is 2. The maximum atomic E-state index is 13.3. The van der Waals surface area contributed by atoms with Crippen molar-refractivity contribution in [2.75, 3.05) is 45.2 Å². The standard InChI is InChI=1S/C19H26FN3O3/c1-3-26-17-10-15(20)4-5-16(17)21-18(24)14-11-23(12-14)19(25)13-6-8-22(2)9-7-13/h4-5,10,13-14H,3,6-9,11-12H2,1-2H3,(H,21,24). The first kappa shape index (κ1) is 18.6. The van der Waals surface area contributed by atoms with E-state index in [0.29, 0.717) is 31.1 Å². The third-order valence-electron chi connectivity index (χ3n) is 5.13. The van der Waals surface area contributed by atoms with Crippen molar-refractivity contribution in [3.05, 3.63) is 24.0 Å². The zero-order valence-corrected chi connectivity index (χ0v) is 15.3. The van der Waals surface area contributed by atoms with Gasteiger partial charge in [0.2, 0.25) is 11.8 Å². The van der Waals surface area contributed by atoms with E-state index in [9.17, 15) is 14.0 Å². The highest BCUT2D eigenvalue weighted by Crippen LogP contribution is 2.28. The van der Waals surface area contributed by atoms with Crippen LogP contribution in [0.25, 0.3) is 0 Å². The molecule has 0 bridgehead atoms. The molecule has 2 saturated heterocycles. The number of hydrogen-bond donors (Lipinski definition) is 1. The molecule has 0 saturated carbocycles. The molecule has 0 spiro atoms. The maximum Gasteiger partial charge on any atom is 0.231 e. The molecule has 1 aromatic carbocycles. The number of nitrogens with zero attached hydrogens (tertiary/aromatic N) is 2. The quantitative estimate of drug-likeness (QED) is 0.869. The van der Waals surface area contributed by atoms with E-state index in [-0.39, 0.29) is 23.7 Å². The lowest BCUT2D eigenvalue weighted by Gasteiger charge is -2.41. The largest absolute Gasteiger partial charge is 0.492 e. The predicted octanol–water partition coefficient (Wildman–Crippen LogP) is 1.96. The van der Waals surface area contributed by atoms with Crippen molar-refractivity contribution in [2.24, 2.45) is 11.8 Å². The Bertz CT molecular complexity index is 668. The molecule has 1 aromatic rings. The molecule has 0 aromatic heterocycles. The van der Waals surface area contributed by atoms with Crippen molar-refractivity contribution >= 4 is 17.5 Å². The molecular weight excluding hydrogens is 337 g/mol. The molecule has 7 heteroatoms. The monoisotopic (exact) mass is 363 g/mol. The van der Waals surface area contributed by atoms with E-state index in [1.54, 1.807) is 11.8 Å². The number of rotatable bonds is 5. The van der Waals surface area contributed by atoms with E-state index in [0.717, 1.165) is 25.9 Å². The Kier molecular flexibility index (Phi) is 5.76. The van der Waals surface area contributed by atoms with Crippen molar-refractivity contribution in [1.29, 1.82) is 0 Å². The first-order chi connectivity index (χ1) is 12.5. The van der Waals surface area contributed by atoms with Gasteiger partial charge in [-0.1, -0.05) is 0 Å². The van der Waals surface area contributed by atoms with Crippen LogP contribution in [0.15, 0.2) is 18.2 Å². The fourth-order valence-electron chi connectivity index (χ4n) is 3.45. The molecule has 6 nitrogen and oxygen atoms in total. The Labute approximate surface area is 153 Å². The molecule has 2 aliphatic rings. The van der Waals surface area contributed by atoms with Crippen molar-refractivity contribution < 1.29 is 18.7 Å². The van der Waals surface area contributed by atoms with Crippen LogP contribution in [0.2, 0.25) is 0 Å². The number of nitrogens with one attached hydrogen (secondary N) is 1. The molecule has 0 atom stereocenters. The summed E-state index contributed by atoms with van der Waals surface area (Å²) in [4.78, 5) is 28.9. The number of halogens is 1. The van der Waals surface area contributed by atoms with Crippen LogP contribution in [-0.4, -0.2) is 61.4 Å². The van der Waals surface area contributed by atoms with Crippen LogP contribution < -0.4 is 10.1 Å². The molecule has 0 radical (unpaired) electrons. The third kappa shape index (κ3) is 4.15. The molecule has 142 valence electrons. The van der Waals surface area contributed by atoms with Gasteiger partial charge in [-0.05, 0) is 52.0 Å². The number of carbonyl (C=O) groups is 2. The van der Waals surface area contributed by atoms with E-state index < -0.39 is 5.82 Å². The summed E-state index contributed by atoms with van der Waals surface area (Å²) in [5.41, 5.74) is 0.457. The Morgan fingerprint density at radius 3 is 2.58 bits per heavy atom. The first-order valence-corrected chi connectivity index (χ1v) is 9.18. The molecular formula is C19H26FN3O3. The Balaban J connectivity index is 1.51. The smallest absolute Gasteiger partial charge is 0.231 e. The second kappa shape index (κ2) is 8.03. The number of benzene rings is 1. The number of piperidine rings is 1. The normalized spacial score (nSPS) is 19.1. The summed E-state index contributed by atoms with van der Waals surface area (Å²) in [6.07, 6.45) is 1.77.